The zero-order valence-corrected chi connectivity index (χ0v) is 11.4. The highest BCUT2D eigenvalue weighted by Crippen LogP contribution is 2.14. The van der Waals surface area contributed by atoms with Gasteiger partial charge in [0.25, 0.3) is 5.91 Å². The minimum Gasteiger partial charge on any atom is -0.337 e. The molecule has 0 saturated heterocycles. The Balaban J connectivity index is 2.13. The van der Waals surface area contributed by atoms with E-state index in [1.54, 1.807) is 0 Å². The second-order valence-corrected chi connectivity index (χ2v) is 4.65. The van der Waals surface area contributed by atoms with Crippen molar-refractivity contribution >= 4 is 17.5 Å². The molecule has 1 amide bonds. The summed E-state index contributed by atoms with van der Waals surface area (Å²) in [5, 5.41) is 0.286. The van der Waals surface area contributed by atoms with Gasteiger partial charge < -0.3 is 4.90 Å². The number of pyridine rings is 1. The second kappa shape index (κ2) is 5.96. The van der Waals surface area contributed by atoms with Crippen molar-refractivity contribution in [2.24, 2.45) is 0 Å². The first-order valence-electron chi connectivity index (χ1n) is 5.78. The SMILES string of the molecule is CN(Cc1ccc(F)cc1F)C(=O)c1ccc(Cl)nc1. The van der Waals surface area contributed by atoms with Gasteiger partial charge in [0.2, 0.25) is 0 Å². The molecule has 0 spiro atoms. The first kappa shape index (κ1) is 14.4. The average Bonchev–Trinajstić information content (AvgIpc) is 2.42. The molecule has 0 atom stereocenters. The molecular weight excluding hydrogens is 286 g/mol. The van der Waals surface area contributed by atoms with E-state index in [4.69, 9.17) is 11.6 Å². The summed E-state index contributed by atoms with van der Waals surface area (Å²) in [5.74, 6) is -1.65. The van der Waals surface area contributed by atoms with Crippen LogP contribution in [0.1, 0.15) is 15.9 Å². The van der Waals surface area contributed by atoms with Crippen LogP contribution in [0.4, 0.5) is 8.78 Å². The van der Waals surface area contributed by atoms with E-state index in [9.17, 15) is 13.6 Å². The van der Waals surface area contributed by atoms with Crippen molar-refractivity contribution < 1.29 is 13.6 Å². The van der Waals surface area contributed by atoms with Gasteiger partial charge in [-0.15, -0.1) is 0 Å². The van der Waals surface area contributed by atoms with Crippen LogP contribution in [0.25, 0.3) is 0 Å². The van der Waals surface area contributed by atoms with Gasteiger partial charge in [-0.1, -0.05) is 17.7 Å². The van der Waals surface area contributed by atoms with Gasteiger partial charge in [-0.2, -0.15) is 0 Å². The normalized spacial score (nSPS) is 10.4. The van der Waals surface area contributed by atoms with Gasteiger partial charge in [-0.3, -0.25) is 4.79 Å². The molecule has 6 heteroatoms. The van der Waals surface area contributed by atoms with Crippen LogP contribution in [0.15, 0.2) is 36.5 Å². The number of nitrogens with zero attached hydrogens (tertiary/aromatic N) is 2. The Hall–Kier alpha value is -2.01. The number of hydrogen-bond donors (Lipinski definition) is 0. The van der Waals surface area contributed by atoms with Crippen LogP contribution in [0.5, 0.6) is 0 Å². The first-order valence-corrected chi connectivity index (χ1v) is 6.16. The Bertz CT molecular complexity index is 632. The highest BCUT2D eigenvalue weighted by molar-refractivity contribution is 6.29. The highest BCUT2D eigenvalue weighted by atomic mass is 35.5. The molecule has 0 saturated carbocycles. The summed E-state index contributed by atoms with van der Waals surface area (Å²) in [6.07, 6.45) is 1.35. The Morgan fingerprint density at radius 3 is 2.65 bits per heavy atom. The van der Waals surface area contributed by atoms with E-state index in [0.717, 1.165) is 12.1 Å². The molecule has 0 aliphatic carbocycles. The minimum absolute atomic E-state index is 0.0353. The lowest BCUT2D eigenvalue weighted by Gasteiger charge is -2.17. The van der Waals surface area contributed by atoms with Gasteiger partial charge in [-0.25, -0.2) is 13.8 Å². The quantitative estimate of drug-likeness (QED) is 0.814. The summed E-state index contributed by atoms with van der Waals surface area (Å²) < 4.78 is 26.3. The van der Waals surface area contributed by atoms with E-state index in [1.165, 1.54) is 36.3 Å². The van der Waals surface area contributed by atoms with Crippen molar-refractivity contribution in [3.63, 3.8) is 0 Å². The molecule has 1 heterocycles. The molecular formula is C14H11ClF2N2O. The fourth-order valence-corrected chi connectivity index (χ4v) is 1.81. The van der Waals surface area contributed by atoms with E-state index in [2.05, 4.69) is 4.98 Å². The third kappa shape index (κ3) is 3.30. The van der Waals surface area contributed by atoms with Crippen LogP contribution in [-0.4, -0.2) is 22.8 Å². The largest absolute Gasteiger partial charge is 0.337 e. The lowest BCUT2D eigenvalue weighted by Crippen LogP contribution is -2.26. The van der Waals surface area contributed by atoms with Crippen LogP contribution in [0.2, 0.25) is 5.15 Å². The minimum atomic E-state index is -0.682. The molecule has 0 fully saturated rings. The van der Waals surface area contributed by atoms with Crippen LogP contribution < -0.4 is 0 Å². The number of benzene rings is 1. The van der Waals surface area contributed by atoms with E-state index >= 15 is 0 Å². The Morgan fingerprint density at radius 1 is 1.30 bits per heavy atom. The van der Waals surface area contributed by atoms with Gasteiger partial charge in [0.05, 0.1) is 5.56 Å². The summed E-state index contributed by atoms with van der Waals surface area (Å²) in [6.45, 7) is 0.0353. The number of rotatable bonds is 3. The monoisotopic (exact) mass is 296 g/mol. The van der Waals surface area contributed by atoms with E-state index in [0.29, 0.717) is 5.56 Å². The van der Waals surface area contributed by atoms with Gasteiger partial charge in [0.1, 0.15) is 16.8 Å². The van der Waals surface area contributed by atoms with Gasteiger partial charge in [0, 0.05) is 31.4 Å². The first-order chi connectivity index (χ1) is 9.47. The van der Waals surface area contributed by atoms with Crippen LogP contribution in [-0.2, 0) is 6.54 Å². The van der Waals surface area contributed by atoms with Crippen molar-refractivity contribution in [1.82, 2.24) is 9.88 Å². The number of carbonyl (C=O) groups is 1. The zero-order valence-electron chi connectivity index (χ0n) is 10.6. The summed E-state index contributed by atoms with van der Waals surface area (Å²) >= 11 is 5.64. The van der Waals surface area contributed by atoms with E-state index in [1.807, 2.05) is 0 Å². The van der Waals surface area contributed by atoms with E-state index < -0.39 is 11.6 Å². The molecule has 0 aliphatic rings. The average molecular weight is 297 g/mol. The maximum atomic E-state index is 13.5. The molecule has 2 rings (SSSR count). The summed E-state index contributed by atoms with van der Waals surface area (Å²) in [5.41, 5.74) is 0.587. The van der Waals surface area contributed by atoms with Gasteiger partial charge in [-0.05, 0) is 18.2 Å². The van der Waals surface area contributed by atoms with Crippen molar-refractivity contribution in [2.75, 3.05) is 7.05 Å². The fourth-order valence-electron chi connectivity index (χ4n) is 1.70. The maximum Gasteiger partial charge on any atom is 0.255 e. The molecule has 20 heavy (non-hydrogen) atoms. The Kier molecular flexibility index (Phi) is 4.29. The number of aromatic nitrogens is 1. The van der Waals surface area contributed by atoms with Crippen molar-refractivity contribution in [2.45, 2.75) is 6.54 Å². The number of halogens is 3. The lowest BCUT2D eigenvalue weighted by atomic mass is 10.2. The molecule has 0 N–H and O–H groups in total. The predicted octanol–water partition coefficient (Wildman–Crippen LogP) is 3.29. The Morgan fingerprint density at radius 2 is 2.05 bits per heavy atom. The van der Waals surface area contributed by atoms with Crippen LogP contribution in [0.3, 0.4) is 0 Å². The maximum absolute atomic E-state index is 13.5. The van der Waals surface area contributed by atoms with Crippen LogP contribution >= 0.6 is 11.6 Å². The number of amides is 1. The summed E-state index contributed by atoms with van der Waals surface area (Å²) in [4.78, 5) is 17.2. The standard InChI is InChI=1S/C14H11ClF2N2O/c1-19(8-10-2-4-11(16)6-12(10)17)14(20)9-3-5-13(15)18-7-9/h2-7H,8H2,1H3. The predicted molar refractivity (Wildman–Crippen MR) is 71.4 cm³/mol. The van der Waals surface area contributed by atoms with Crippen molar-refractivity contribution in [1.29, 1.82) is 0 Å². The van der Waals surface area contributed by atoms with Gasteiger partial charge >= 0.3 is 0 Å². The second-order valence-electron chi connectivity index (χ2n) is 4.27. The smallest absolute Gasteiger partial charge is 0.255 e. The molecule has 0 aliphatic heterocycles. The molecule has 104 valence electrons. The third-order valence-electron chi connectivity index (χ3n) is 2.74. The molecule has 0 bridgehead atoms. The number of carbonyl (C=O) groups excluding carboxylic acids is 1. The molecule has 0 radical (unpaired) electrons. The fraction of sp³-hybridized carbons (Fsp3) is 0.143. The van der Waals surface area contributed by atoms with Crippen LogP contribution in [0, 0.1) is 11.6 Å². The Labute approximate surface area is 119 Å². The highest BCUT2D eigenvalue weighted by Gasteiger charge is 2.14. The molecule has 0 unspecified atom stereocenters. The molecule has 1 aromatic carbocycles. The van der Waals surface area contributed by atoms with Crippen molar-refractivity contribution in [3.8, 4) is 0 Å². The molecule has 2 aromatic rings. The summed E-state index contributed by atoms with van der Waals surface area (Å²) in [6, 6.07) is 6.29. The molecule has 1 aromatic heterocycles. The molecule has 3 nitrogen and oxygen atoms in total. The zero-order chi connectivity index (χ0) is 14.7. The summed E-state index contributed by atoms with van der Waals surface area (Å²) in [7, 11) is 1.53. The number of hydrogen-bond acceptors (Lipinski definition) is 2. The topological polar surface area (TPSA) is 33.2 Å². The van der Waals surface area contributed by atoms with Crippen molar-refractivity contribution in [3.05, 3.63) is 64.4 Å². The van der Waals surface area contributed by atoms with E-state index in [-0.39, 0.29) is 23.2 Å². The van der Waals surface area contributed by atoms with Gasteiger partial charge in [0.15, 0.2) is 0 Å². The third-order valence-corrected chi connectivity index (χ3v) is 2.97. The lowest BCUT2D eigenvalue weighted by molar-refractivity contribution is 0.0783.